The van der Waals surface area contributed by atoms with Crippen LogP contribution in [0.1, 0.15) is 15.2 Å². The average Bonchev–Trinajstić information content (AvgIpc) is 3.59. The monoisotopic (exact) mass is 516 g/mol. The van der Waals surface area contributed by atoms with Gasteiger partial charge in [0.05, 0.1) is 47.3 Å². The predicted octanol–water partition coefficient (Wildman–Crippen LogP) is 3.22. The van der Waals surface area contributed by atoms with E-state index < -0.39 is 5.91 Å². The van der Waals surface area contributed by atoms with E-state index in [2.05, 4.69) is 26.1 Å². The van der Waals surface area contributed by atoms with Gasteiger partial charge in [0.15, 0.2) is 11.6 Å². The molecule has 37 heavy (non-hydrogen) atoms. The summed E-state index contributed by atoms with van der Waals surface area (Å²) in [7, 11) is 1.94. The number of aromatic nitrogens is 5. The summed E-state index contributed by atoms with van der Waals surface area (Å²) < 4.78 is 6.62. The van der Waals surface area contributed by atoms with Crippen LogP contribution in [0.25, 0.3) is 32.5 Å². The number of anilines is 2. The van der Waals surface area contributed by atoms with Crippen LogP contribution in [-0.2, 0) is 11.3 Å². The minimum atomic E-state index is -0.595. The number of nitrogens with one attached hydrogen (secondary N) is 2. The van der Waals surface area contributed by atoms with E-state index in [1.165, 1.54) is 6.20 Å². The Balaban J connectivity index is 1.37. The molecule has 4 aromatic heterocycles. The molecule has 188 valence electrons. The van der Waals surface area contributed by atoms with E-state index in [1.54, 1.807) is 28.9 Å². The number of hydrogen-bond donors (Lipinski definition) is 3. The van der Waals surface area contributed by atoms with Crippen molar-refractivity contribution in [2.75, 3.05) is 43.2 Å². The van der Waals surface area contributed by atoms with Gasteiger partial charge in [-0.05, 0) is 24.3 Å². The van der Waals surface area contributed by atoms with E-state index in [9.17, 15) is 4.79 Å². The first kappa shape index (κ1) is 23.3. The van der Waals surface area contributed by atoms with Crippen molar-refractivity contribution in [2.24, 2.45) is 0 Å². The van der Waals surface area contributed by atoms with E-state index in [0.717, 1.165) is 50.5 Å². The molecule has 0 aliphatic carbocycles. The molecule has 1 saturated heterocycles. The van der Waals surface area contributed by atoms with Crippen LogP contribution < -0.4 is 15.3 Å². The minimum Gasteiger partial charge on any atom is -0.378 e. The Morgan fingerprint density at radius 1 is 1.22 bits per heavy atom. The number of hydroxylamine groups is 1. The molecule has 1 aliphatic rings. The zero-order chi connectivity index (χ0) is 25.4. The number of H-pyrrole nitrogens is 1. The van der Waals surface area contributed by atoms with Crippen molar-refractivity contribution in [2.45, 2.75) is 6.54 Å². The molecule has 12 heteroatoms. The molecule has 3 N–H and O–H groups in total. The van der Waals surface area contributed by atoms with Crippen LogP contribution in [0.5, 0.6) is 0 Å². The fraction of sp³-hybridized carbons (Fsp3) is 0.240. The maximum atomic E-state index is 11.6. The molecule has 0 radical (unpaired) electrons. The summed E-state index contributed by atoms with van der Waals surface area (Å²) >= 11 is 1.67. The Kier molecular flexibility index (Phi) is 6.12. The first-order valence-electron chi connectivity index (χ1n) is 11.8. The van der Waals surface area contributed by atoms with Crippen molar-refractivity contribution < 1.29 is 14.7 Å². The molecule has 6 rings (SSSR count). The first-order valence-corrected chi connectivity index (χ1v) is 12.6. The predicted molar refractivity (Wildman–Crippen MR) is 141 cm³/mol. The zero-order valence-corrected chi connectivity index (χ0v) is 20.8. The number of amides is 1. The second kappa shape index (κ2) is 9.73. The highest BCUT2D eigenvalue weighted by molar-refractivity contribution is 7.19. The third-order valence-electron chi connectivity index (χ3n) is 6.34. The number of aromatic amines is 1. The first-order chi connectivity index (χ1) is 18.1. The maximum Gasteiger partial charge on any atom is 0.276 e. The van der Waals surface area contributed by atoms with Crippen molar-refractivity contribution in [3.63, 3.8) is 0 Å². The van der Waals surface area contributed by atoms with Crippen LogP contribution in [0, 0.1) is 0 Å². The zero-order valence-electron chi connectivity index (χ0n) is 20.0. The molecule has 0 atom stereocenters. The van der Waals surface area contributed by atoms with Gasteiger partial charge in [-0.25, -0.2) is 20.4 Å². The standard InChI is InChI=1S/C25H24N8O3S/c1-32(21-6-5-15(12-26-21)25(34)31-35)14-16-11-20-22(37-16)24(33-7-9-36-10-8-33)29-23(28-20)17-3-2-4-19-18(17)13-27-30-19/h2-6,11-13,35H,7-10,14H2,1H3,(H,27,30)(H,31,34). The summed E-state index contributed by atoms with van der Waals surface area (Å²) in [5.74, 6) is 1.69. The van der Waals surface area contributed by atoms with Gasteiger partial charge in [0, 0.05) is 42.2 Å². The molecule has 0 saturated carbocycles. The molecule has 5 aromatic rings. The number of benzene rings is 1. The lowest BCUT2D eigenvalue weighted by Crippen LogP contribution is -2.36. The Morgan fingerprint density at radius 3 is 2.86 bits per heavy atom. The van der Waals surface area contributed by atoms with Crippen LogP contribution in [0.4, 0.5) is 11.6 Å². The number of fused-ring (bicyclic) bond motifs is 2. The topological polar surface area (TPSA) is 132 Å². The third kappa shape index (κ3) is 4.46. The van der Waals surface area contributed by atoms with Gasteiger partial charge in [0.2, 0.25) is 0 Å². The van der Waals surface area contributed by atoms with E-state index in [0.29, 0.717) is 31.4 Å². The van der Waals surface area contributed by atoms with Gasteiger partial charge in [-0.1, -0.05) is 12.1 Å². The Bertz CT molecular complexity index is 1580. The highest BCUT2D eigenvalue weighted by Crippen LogP contribution is 2.36. The van der Waals surface area contributed by atoms with Crippen LogP contribution in [0.15, 0.2) is 48.8 Å². The SMILES string of the molecule is CN(Cc1cc2nc(-c3cccc4[nH]ncc34)nc(N3CCOCC3)c2s1)c1ccc(C(=O)NO)cn1. The van der Waals surface area contributed by atoms with Gasteiger partial charge in [-0.3, -0.25) is 15.1 Å². The molecule has 1 aliphatic heterocycles. The van der Waals surface area contributed by atoms with E-state index in [1.807, 2.05) is 36.3 Å². The summed E-state index contributed by atoms with van der Waals surface area (Å²) in [6, 6.07) is 11.5. The number of nitrogens with zero attached hydrogens (tertiary/aromatic N) is 6. The highest BCUT2D eigenvalue weighted by atomic mass is 32.1. The second-order valence-electron chi connectivity index (χ2n) is 8.74. The maximum absolute atomic E-state index is 11.6. The lowest BCUT2D eigenvalue weighted by atomic mass is 10.1. The number of pyridine rings is 1. The molecule has 0 spiro atoms. The Hall–Kier alpha value is -4.13. The number of ether oxygens (including phenoxy) is 1. The molecular formula is C25H24N8O3S. The molecule has 11 nitrogen and oxygen atoms in total. The van der Waals surface area contributed by atoms with Gasteiger partial charge >= 0.3 is 0 Å². The van der Waals surface area contributed by atoms with Gasteiger partial charge in [0.25, 0.3) is 5.91 Å². The van der Waals surface area contributed by atoms with Crippen LogP contribution in [-0.4, -0.2) is 69.6 Å². The summed E-state index contributed by atoms with van der Waals surface area (Å²) in [5.41, 5.74) is 4.67. The minimum absolute atomic E-state index is 0.284. The lowest BCUT2D eigenvalue weighted by molar-refractivity contribution is 0.0706. The van der Waals surface area contributed by atoms with Gasteiger partial charge < -0.3 is 14.5 Å². The molecule has 0 bridgehead atoms. The number of morpholine rings is 1. The number of rotatable bonds is 6. The highest BCUT2D eigenvalue weighted by Gasteiger charge is 2.21. The average molecular weight is 517 g/mol. The molecular weight excluding hydrogens is 492 g/mol. The van der Waals surface area contributed by atoms with E-state index in [-0.39, 0.29) is 5.56 Å². The fourth-order valence-electron chi connectivity index (χ4n) is 4.44. The van der Waals surface area contributed by atoms with Crippen LogP contribution in [0.3, 0.4) is 0 Å². The quantitative estimate of drug-likeness (QED) is 0.230. The van der Waals surface area contributed by atoms with Crippen LogP contribution >= 0.6 is 11.3 Å². The summed E-state index contributed by atoms with van der Waals surface area (Å²) in [6.45, 7) is 3.47. The molecule has 1 amide bonds. The Morgan fingerprint density at radius 2 is 2.08 bits per heavy atom. The summed E-state index contributed by atoms with van der Waals surface area (Å²) in [5, 5.41) is 17.0. The number of carbonyl (C=O) groups is 1. The number of thiophene rings is 1. The van der Waals surface area contributed by atoms with Gasteiger partial charge in [-0.15, -0.1) is 11.3 Å². The van der Waals surface area contributed by atoms with E-state index in [4.69, 9.17) is 19.9 Å². The number of carbonyl (C=O) groups excluding carboxylic acids is 1. The van der Waals surface area contributed by atoms with Crippen molar-refractivity contribution in [3.05, 3.63) is 59.2 Å². The van der Waals surface area contributed by atoms with Crippen LogP contribution in [0.2, 0.25) is 0 Å². The lowest BCUT2D eigenvalue weighted by Gasteiger charge is -2.28. The van der Waals surface area contributed by atoms with Crippen molar-refractivity contribution in [3.8, 4) is 11.4 Å². The summed E-state index contributed by atoms with van der Waals surface area (Å²) in [6.07, 6.45) is 3.25. The van der Waals surface area contributed by atoms with Gasteiger partial charge in [0.1, 0.15) is 5.82 Å². The van der Waals surface area contributed by atoms with Crippen molar-refractivity contribution in [1.29, 1.82) is 0 Å². The van der Waals surface area contributed by atoms with Gasteiger partial charge in [-0.2, -0.15) is 5.10 Å². The number of hydrogen-bond acceptors (Lipinski definition) is 10. The summed E-state index contributed by atoms with van der Waals surface area (Å²) in [4.78, 5) is 31.4. The van der Waals surface area contributed by atoms with Crippen molar-refractivity contribution in [1.82, 2.24) is 30.6 Å². The second-order valence-corrected chi connectivity index (χ2v) is 9.87. The largest absolute Gasteiger partial charge is 0.378 e. The van der Waals surface area contributed by atoms with Crippen molar-refractivity contribution >= 4 is 50.0 Å². The smallest absolute Gasteiger partial charge is 0.276 e. The van der Waals surface area contributed by atoms with E-state index >= 15 is 0 Å². The molecule has 1 fully saturated rings. The Labute approximate surface area is 215 Å². The molecule has 5 heterocycles. The third-order valence-corrected chi connectivity index (χ3v) is 7.44. The normalized spacial score (nSPS) is 13.8. The fourth-order valence-corrected chi connectivity index (χ4v) is 5.61. The molecule has 1 aromatic carbocycles. The molecule has 0 unspecified atom stereocenters.